The van der Waals surface area contributed by atoms with Gasteiger partial charge in [-0.3, -0.25) is 9.59 Å². The molecule has 2 amide bonds. The van der Waals surface area contributed by atoms with Crippen LogP contribution in [0.25, 0.3) is 0 Å². The third kappa shape index (κ3) is 2.45. The Bertz CT molecular complexity index is 345. The summed E-state index contributed by atoms with van der Waals surface area (Å²) in [5.74, 6) is 0.0373. The molecule has 1 aliphatic carbocycles. The second-order valence-electron chi connectivity index (χ2n) is 6.00. The van der Waals surface area contributed by atoms with Gasteiger partial charge in [-0.05, 0) is 38.5 Å². The monoisotopic (exact) mass is 238 g/mol. The van der Waals surface area contributed by atoms with Crippen molar-refractivity contribution in [1.82, 2.24) is 10.2 Å². The fourth-order valence-corrected chi connectivity index (χ4v) is 2.55. The van der Waals surface area contributed by atoms with Crippen molar-refractivity contribution in [3.8, 4) is 0 Å². The minimum absolute atomic E-state index is 0.0211. The van der Waals surface area contributed by atoms with Crippen molar-refractivity contribution in [2.75, 3.05) is 13.1 Å². The lowest BCUT2D eigenvalue weighted by Crippen LogP contribution is -2.53. The Morgan fingerprint density at radius 3 is 2.47 bits per heavy atom. The van der Waals surface area contributed by atoms with Gasteiger partial charge < -0.3 is 10.2 Å². The maximum absolute atomic E-state index is 12.3. The van der Waals surface area contributed by atoms with E-state index in [1.165, 1.54) is 12.8 Å². The molecule has 0 unspecified atom stereocenters. The predicted octanol–water partition coefficient (Wildman–Crippen LogP) is 1.30. The topological polar surface area (TPSA) is 49.4 Å². The van der Waals surface area contributed by atoms with Gasteiger partial charge in [-0.2, -0.15) is 0 Å². The Morgan fingerprint density at radius 1 is 1.29 bits per heavy atom. The number of hydrogen-bond donors (Lipinski definition) is 1. The first-order chi connectivity index (χ1) is 7.88. The molecule has 2 rings (SSSR count). The van der Waals surface area contributed by atoms with Crippen molar-refractivity contribution in [3.05, 3.63) is 0 Å². The van der Waals surface area contributed by atoms with E-state index in [2.05, 4.69) is 12.2 Å². The van der Waals surface area contributed by atoms with E-state index in [1.807, 2.05) is 4.90 Å². The molecular weight excluding hydrogens is 216 g/mol. The molecule has 4 nitrogen and oxygen atoms in total. The van der Waals surface area contributed by atoms with Gasteiger partial charge in [-0.25, -0.2) is 0 Å². The van der Waals surface area contributed by atoms with Crippen LogP contribution < -0.4 is 5.32 Å². The molecule has 0 aromatic heterocycles. The molecule has 2 fully saturated rings. The minimum atomic E-state index is -0.753. The van der Waals surface area contributed by atoms with E-state index < -0.39 is 5.54 Å². The first kappa shape index (κ1) is 12.4. The molecule has 1 N–H and O–H groups in total. The van der Waals surface area contributed by atoms with Crippen LogP contribution in [0.2, 0.25) is 0 Å². The normalized spacial score (nSPS) is 26.4. The Labute approximate surface area is 103 Å². The number of hydrogen-bond acceptors (Lipinski definition) is 2. The van der Waals surface area contributed by atoms with Gasteiger partial charge in [-0.1, -0.05) is 6.92 Å². The molecular formula is C13H22N2O2. The third-order valence-electron chi connectivity index (χ3n) is 4.12. The molecule has 1 saturated heterocycles. The molecule has 17 heavy (non-hydrogen) atoms. The lowest BCUT2D eigenvalue weighted by molar-refractivity contribution is -0.138. The minimum Gasteiger partial charge on any atom is -0.342 e. The number of rotatable bonds is 3. The van der Waals surface area contributed by atoms with Gasteiger partial charge in [-0.15, -0.1) is 0 Å². The zero-order valence-corrected chi connectivity index (χ0v) is 11.0. The number of amides is 2. The zero-order valence-electron chi connectivity index (χ0n) is 11.0. The first-order valence-electron chi connectivity index (χ1n) is 6.49. The van der Waals surface area contributed by atoms with E-state index in [4.69, 9.17) is 0 Å². The summed E-state index contributed by atoms with van der Waals surface area (Å²) in [6.45, 7) is 7.15. The smallest absolute Gasteiger partial charge is 0.247 e. The number of nitrogens with zero attached hydrogens (tertiary/aromatic N) is 1. The summed E-state index contributed by atoms with van der Waals surface area (Å²) >= 11 is 0. The van der Waals surface area contributed by atoms with Gasteiger partial charge in [0.15, 0.2) is 0 Å². The highest BCUT2D eigenvalue weighted by Crippen LogP contribution is 2.49. The predicted molar refractivity (Wildman–Crippen MR) is 65.4 cm³/mol. The number of carbonyl (C=O) groups excluding carboxylic acids is 2. The van der Waals surface area contributed by atoms with Gasteiger partial charge in [0.1, 0.15) is 5.54 Å². The summed E-state index contributed by atoms with van der Waals surface area (Å²) < 4.78 is 0. The fourth-order valence-electron chi connectivity index (χ4n) is 2.55. The lowest BCUT2D eigenvalue weighted by atomic mass is 10.00. The van der Waals surface area contributed by atoms with Crippen LogP contribution >= 0.6 is 0 Å². The van der Waals surface area contributed by atoms with Crippen molar-refractivity contribution in [2.24, 2.45) is 5.41 Å². The van der Waals surface area contributed by atoms with Crippen LogP contribution in [0.1, 0.15) is 46.5 Å². The van der Waals surface area contributed by atoms with Crippen LogP contribution in [0, 0.1) is 5.41 Å². The highest BCUT2D eigenvalue weighted by atomic mass is 16.2. The highest BCUT2D eigenvalue weighted by Gasteiger charge is 2.45. The van der Waals surface area contributed by atoms with Gasteiger partial charge >= 0.3 is 0 Å². The quantitative estimate of drug-likeness (QED) is 0.805. The van der Waals surface area contributed by atoms with E-state index >= 15 is 0 Å². The maximum Gasteiger partial charge on any atom is 0.247 e. The number of carbonyl (C=O) groups is 2. The molecule has 1 saturated carbocycles. The molecule has 1 aliphatic heterocycles. The molecule has 0 aromatic rings. The molecule has 1 heterocycles. The summed E-state index contributed by atoms with van der Waals surface area (Å²) in [4.78, 5) is 25.8. The zero-order chi connectivity index (χ0) is 12.7. The molecule has 4 heteroatoms. The van der Waals surface area contributed by atoms with Crippen molar-refractivity contribution in [1.29, 1.82) is 0 Å². The van der Waals surface area contributed by atoms with E-state index in [0.29, 0.717) is 18.4 Å². The Morgan fingerprint density at radius 2 is 1.94 bits per heavy atom. The van der Waals surface area contributed by atoms with E-state index in [0.717, 1.165) is 13.0 Å². The van der Waals surface area contributed by atoms with Crippen LogP contribution in [-0.4, -0.2) is 35.3 Å². The standard InChI is InChI=1S/C13H22N2O2/c1-4-13(6-7-13)9-15-8-5-10(16)14-12(2,3)11(15)17/h4-9H2,1-3H3,(H,14,16). The summed E-state index contributed by atoms with van der Waals surface area (Å²) in [5, 5.41) is 2.79. The van der Waals surface area contributed by atoms with Crippen molar-refractivity contribution in [2.45, 2.75) is 52.0 Å². The van der Waals surface area contributed by atoms with Gasteiger partial charge in [0.05, 0.1) is 0 Å². The number of nitrogens with one attached hydrogen (secondary N) is 1. The van der Waals surface area contributed by atoms with Crippen molar-refractivity contribution < 1.29 is 9.59 Å². The average molecular weight is 238 g/mol. The maximum atomic E-state index is 12.3. The second kappa shape index (κ2) is 4.00. The molecule has 96 valence electrons. The van der Waals surface area contributed by atoms with Crippen LogP contribution in [-0.2, 0) is 9.59 Å². The van der Waals surface area contributed by atoms with E-state index in [-0.39, 0.29) is 11.8 Å². The van der Waals surface area contributed by atoms with Crippen molar-refractivity contribution in [3.63, 3.8) is 0 Å². The molecule has 2 aliphatic rings. The third-order valence-corrected chi connectivity index (χ3v) is 4.12. The Kier molecular flexibility index (Phi) is 2.92. The lowest BCUT2D eigenvalue weighted by Gasteiger charge is -2.31. The highest BCUT2D eigenvalue weighted by molar-refractivity contribution is 5.92. The van der Waals surface area contributed by atoms with E-state index in [1.54, 1.807) is 13.8 Å². The molecule has 0 bridgehead atoms. The van der Waals surface area contributed by atoms with Crippen LogP contribution in [0.4, 0.5) is 0 Å². The van der Waals surface area contributed by atoms with E-state index in [9.17, 15) is 9.59 Å². The summed E-state index contributed by atoms with van der Waals surface area (Å²) in [7, 11) is 0. The molecule has 0 aromatic carbocycles. The van der Waals surface area contributed by atoms with Gasteiger partial charge in [0.2, 0.25) is 11.8 Å². The van der Waals surface area contributed by atoms with Crippen LogP contribution in [0.5, 0.6) is 0 Å². The van der Waals surface area contributed by atoms with Crippen LogP contribution in [0.3, 0.4) is 0 Å². The average Bonchev–Trinajstić information content (AvgIpc) is 3.03. The summed E-state index contributed by atoms with van der Waals surface area (Å²) in [6.07, 6.45) is 3.98. The molecule has 0 atom stereocenters. The van der Waals surface area contributed by atoms with Gasteiger partial charge in [0, 0.05) is 19.5 Å². The van der Waals surface area contributed by atoms with Gasteiger partial charge in [0.25, 0.3) is 0 Å². The molecule has 0 spiro atoms. The first-order valence-corrected chi connectivity index (χ1v) is 6.49. The molecule has 0 radical (unpaired) electrons. The SMILES string of the molecule is CCC1(CN2CCC(=O)NC(C)(C)C2=O)CC1. The Hall–Kier alpha value is -1.06. The largest absolute Gasteiger partial charge is 0.342 e. The summed E-state index contributed by atoms with van der Waals surface area (Å²) in [5.41, 5.74) is -0.406. The summed E-state index contributed by atoms with van der Waals surface area (Å²) in [6, 6.07) is 0. The van der Waals surface area contributed by atoms with Crippen molar-refractivity contribution >= 4 is 11.8 Å². The second-order valence-corrected chi connectivity index (χ2v) is 6.00. The fraction of sp³-hybridized carbons (Fsp3) is 0.846. The Balaban J connectivity index is 2.11. The van der Waals surface area contributed by atoms with Crippen LogP contribution in [0.15, 0.2) is 0 Å².